The molecule has 0 spiro atoms. The molecule has 0 aromatic carbocycles. The molecule has 1 atom stereocenters. The number of pyridine rings is 1. The maximum absolute atomic E-state index is 12.1. The fourth-order valence-electron chi connectivity index (χ4n) is 2.11. The number of hydrogen-bond acceptors (Lipinski definition) is 3. The van der Waals surface area contributed by atoms with Crippen molar-refractivity contribution in [3.63, 3.8) is 0 Å². The SMILES string of the molecule is O=C1CCCCC1c1ccc(OC(F)F)c(Cl)n1. The van der Waals surface area contributed by atoms with E-state index in [1.54, 1.807) is 0 Å². The Bertz CT molecular complexity index is 454. The first-order valence-corrected chi connectivity index (χ1v) is 6.09. The third-order valence-corrected chi connectivity index (χ3v) is 3.23. The molecule has 0 N–H and O–H groups in total. The van der Waals surface area contributed by atoms with Crippen LogP contribution in [0.4, 0.5) is 8.78 Å². The Morgan fingerprint density at radius 2 is 2.17 bits per heavy atom. The van der Waals surface area contributed by atoms with Crippen molar-refractivity contribution >= 4 is 17.4 Å². The first-order valence-electron chi connectivity index (χ1n) is 5.72. The normalized spacial score (nSPS) is 20.2. The largest absolute Gasteiger partial charge is 0.432 e. The second-order valence-electron chi connectivity index (χ2n) is 4.17. The summed E-state index contributed by atoms with van der Waals surface area (Å²) in [6.07, 6.45) is 3.14. The zero-order chi connectivity index (χ0) is 13.1. The van der Waals surface area contributed by atoms with Crippen LogP contribution in [0.2, 0.25) is 5.15 Å². The lowest BCUT2D eigenvalue weighted by Gasteiger charge is -2.20. The summed E-state index contributed by atoms with van der Waals surface area (Å²) >= 11 is 5.76. The van der Waals surface area contributed by atoms with Crippen LogP contribution in [-0.2, 0) is 4.79 Å². The number of Topliss-reactive ketones (excluding diaryl/α,β-unsaturated/α-hetero) is 1. The number of halogens is 3. The van der Waals surface area contributed by atoms with E-state index in [1.165, 1.54) is 12.1 Å². The van der Waals surface area contributed by atoms with Gasteiger partial charge in [0.05, 0.1) is 11.6 Å². The van der Waals surface area contributed by atoms with Crippen LogP contribution >= 0.6 is 11.6 Å². The van der Waals surface area contributed by atoms with Gasteiger partial charge in [0.15, 0.2) is 10.9 Å². The van der Waals surface area contributed by atoms with Crippen LogP contribution < -0.4 is 4.74 Å². The van der Waals surface area contributed by atoms with Gasteiger partial charge in [-0.05, 0) is 25.0 Å². The molecule has 1 fully saturated rings. The van der Waals surface area contributed by atoms with Gasteiger partial charge in [0.2, 0.25) is 0 Å². The van der Waals surface area contributed by atoms with Gasteiger partial charge < -0.3 is 4.74 Å². The van der Waals surface area contributed by atoms with Crippen molar-refractivity contribution in [3.05, 3.63) is 23.0 Å². The molecule has 6 heteroatoms. The number of rotatable bonds is 3. The lowest BCUT2D eigenvalue weighted by molar-refractivity contribution is -0.121. The Hall–Kier alpha value is -1.23. The summed E-state index contributed by atoms with van der Waals surface area (Å²) in [5.41, 5.74) is 0.534. The number of ketones is 1. The molecule has 0 aliphatic heterocycles. The molecule has 1 aromatic rings. The summed E-state index contributed by atoms with van der Waals surface area (Å²) in [6.45, 7) is -2.94. The summed E-state index contributed by atoms with van der Waals surface area (Å²) in [7, 11) is 0. The molecule has 18 heavy (non-hydrogen) atoms. The minimum atomic E-state index is -2.94. The number of carbonyl (C=O) groups is 1. The average Bonchev–Trinajstić information content (AvgIpc) is 2.32. The minimum absolute atomic E-state index is 0.132. The second kappa shape index (κ2) is 5.61. The molecule has 1 aliphatic rings. The molecule has 0 amide bonds. The summed E-state index contributed by atoms with van der Waals surface area (Å²) in [5, 5.41) is -0.133. The van der Waals surface area contributed by atoms with Crippen LogP contribution in [0, 0.1) is 0 Å². The Morgan fingerprint density at radius 3 is 2.78 bits per heavy atom. The van der Waals surface area contributed by atoms with Gasteiger partial charge >= 0.3 is 6.61 Å². The Kier molecular flexibility index (Phi) is 4.11. The summed E-state index contributed by atoms with van der Waals surface area (Å²) < 4.78 is 28.3. The first kappa shape index (κ1) is 13.2. The van der Waals surface area contributed by atoms with Crippen molar-refractivity contribution in [1.29, 1.82) is 0 Å². The number of ether oxygens (including phenoxy) is 1. The first-order chi connectivity index (χ1) is 8.58. The van der Waals surface area contributed by atoms with E-state index in [0.29, 0.717) is 12.1 Å². The summed E-state index contributed by atoms with van der Waals surface area (Å²) in [6, 6.07) is 2.86. The van der Waals surface area contributed by atoms with Gasteiger partial charge in [-0.2, -0.15) is 8.78 Å². The Labute approximate surface area is 108 Å². The van der Waals surface area contributed by atoms with Crippen LogP contribution in [-0.4, -0.2) is 17.4 Å². The molecule has 1 unspecified atom stereocenters. The zero-order valence-corrected chi connectivity index (χ0v) is 10.3. The number of alkyl halides is 2. The minimum Gasteiger partial charge on any atom is -0.432 e. The van der Waals surface area contributed by atoms with Crippen molar-refractivity contribution in [2.75, 3.05) is 0 Å². The van der Waals surface area contributed by atoms with Crippen molar-refractivity contribution in [3.8, 4) is 5.75 Å². The van der Waals surface area contributed by atoms with E-state index in [2.05, 4.69) is 9.72 Å². The predicted octanol–water partition coefficient (Wildman–Crippen LogP) is 3.56. The number of nitrogens with zero attached hydrogens (tertiary/aromatic N) is 1. The highest BCUT2D eigenvalue weighted by Gasteiger charge is 2.25. The van der Waals surface area contributed by atoms with Gasteiger partial charge in [0.25, 0.3) is 0 Å². The maximum Gasteiger partial charge on any atom is 0.387 e. The molecule has 2 rings (SSSR count). The zero-order valence-electron chi connectivity index (χ0n) is 9.54. The Balaban J connectivity index is 2.19. The highest BCUT2D eigenvalue weighted by atomic mass is 35.5. The summed E-state index contributed by atoms with van der Waals surface area (Å²) in [4.78, 5) is 15.7. The van der Waals surface area contributed by atoms with E-state index in [1.807, 2.05) is 0 Å². The molecular formula is C12H12ClF2NO2. The van der Waals surface area contributed by atoms with Gasteiger partial charge in [-0.1, -0.05) is 18.0 Å². The van der Waals surface area contributed by atoms with E-state index >= 15 is 0 Å². The number of hydrogen-bond donors (Lipinski definition) is 0. The molecule has 1 aliphatic carbocycles. The van der Waals surface area contributed by atoms with Crippen LogP contribution in [0.5, 0.6) is 5.75 Å². The van der Waals surface area contributed by atoms with Gasteiger partial charge in [-0.15, -0.1) is 0 Å². The van der Waals surface area contributed by atoms with Gasteiger partial charge in [0.1, 0.15) is 5.78 Å². The Morgan fingerprint density at radius 1 is 1.39 bits per heavy atom. The van der Waals surface area contributed by atoms with Crippen LogP contribution in [0.25, 0.3) is 0 Å². The molecule has 0 bridgehead atoms. The fourth-order valence-corrected chi connectivity index (χ4v) is 2.31. The molecule has 1 heterocycles. The van der Waals surface area contributed by atoms with E-state index < -0.39 is 6.61 Å². The highest BCUT2D eigenvalue weighted by molar-refractivity contribution is 6.30. The molecule has 0 radical (unpaired) electrons. The topological polar surface area (TPSA) is 39.2 Å². The molecule has 3 nitrogen and oxygen atoms in total. The smallest absolute Gasteiger partial charge is 0.387 e. The number of aromatic nitrogens is 1. The van der Waals surface area contributed by atoms with Crippen LogP contribution in [0.3, 0.4) is 0 Å². The molecule has 1 saturated carbocycles. The van der Waals surface area contributed by atoms with Crippen molar-refractivity contribution in [2.45, 2.75) is 38.2 Å². The average molecular weight is 276 g/mol. The van der Waals surface area contributed by atoms with Crippen LogP contribution in [0.1, 0.15) is 37.3 Å². The lowest BCUT2D eigenvalue weighted by atomic mass is 9.85. The quantitative estimate of drug-likeness (QED) is 0.792. The molecule has 1 aromatic heterocycles. The predicted molar refractivity (Wildman–Crippen MR) is 62.1 cm³/mol. The summed E-state index contributed by atoms with van der Waals surface area (Å²) in [5.74, 6) is -0.303. The van der Waals surface area contributed by atoms with Gasteiger partial charge in [-0.25, -0.2) is 4.98 Å². The van der Waals surface area contributed by atoms with Crippen LogP contribution in [0.15, 0.2) is 12.1 Å². The van der Waals surface area contributed by atoms with Gasteiger partial charge in [-0.3, -0.25) is 4.79 Å². The second-order valence-corrected chi connectivity index (χ2v) is 4.53. The molecular weight excluding hydrogens is 264 g/mol. The maximum atomic E-state index is 12.1. The van der Waals surface area contributed by atoms with E-state index in [-0.39, 0.29) is 22.6 Å². The van der Waals surface area contributed by atoms with Crippen molar-refractivity contribution < 1.29 is 18.3 Å². The van der Waals surface area contributed by atoms with E-state index in [4.69, 9.17) is 11.6 Å². The molecule has 0 saturated heterocycles. The standard InChI is InChI=1S/C12H12ClF2NO2/c13-11-10(18-12(14)15)6-5-8(16-11)7-3-1-2-4-9(7)17/h5-7,12H,1-4H2. The third kappa shape index (κ3) is 2.96. The van der Waals surface area contributed by atoms with E-state index in [9.17, 15) is 13.6 Å². The molecule has 98 valence electrons. The van der Waals surface area contributed by atoms with Crippen molar-refractivity contribution in [1.82, 2.24) is 4.98 Å². The fraction of sp³-hybridized carbons (Fsp3) is 0.500. The third-order valence-electron chi connectivity index (χ3n) is 2.96. The number of carbonyl (C=O) groups excluding carboxylic acids is 1. The van der Waals surface area contributed by atoms with Gasteiger partial charge in [0, 0.05) is 6.42 Å². The van der Waals surface area contributed by atoms with E-state index in [0.717, 1.165) is 19.3 Å². The lowest BCUT2D eigenvalue weighted by Crippen LogP contribution is -2.18. The highest BCUT2D eigenvalue weighted by Crippen LogP contribution is 2.32. The monoisotopic (exact) mass is 275 g/mol. The van der Waals surface area contributed by atoms with Crippen molar-refractivity contribution in [2.24, 2.45) is 0 Å².